The Labute approximate surface area is 67.2 Å². The molecule has 0 amide bonds. The summed E-state index contributed by atoms with van der Waals surface area (Å²) in [5.41, 5.74) is 0. The summed E-state index contributed by atoms with van der Waals surface area (Å²) >= 11 is 0. The average Bonchev–Trinajstić information content (AvgIpc) is 2.01. The Bertz CT molecular complexity index is 151. The summed E-state index contributed by atoms with van der Waals surface area (Å²) in [6.45, 7) is 7.64. The summed E-state index contributed by atoms with van der Waals surface area (Å²) in [6.07, 6.45) is 0.523. The molecule has 0 spiro atoms. The average molecular weight is 155 g/mol. The van der Waals surface area contributed by atoms with E-state index in [4.69, 9.17) is 14.7 Å². The Morgan fingerprint density at radius 2 is 2.36 bits per heavy atom. The third-order valence-electron chi connectivity index (χ3n) is 1.08. The summed E-state index contributed by atoms with van der Waals surface area (Å²) in [7, 11) is 0. The van der Waals surface area contributed by atoms with Crippen LogP contribution in [0.25, 0.3) is 0 Å². The molecule has 0 aromatic heterocycles. The zero-order chi connectivity index (χ0) is 8.69. The minimum absolute atomic E-state index is 0.345. The molecule has 0 heterocycles. The van der Waals surface area contributed by atoms with Gasteiger partial charge in [-0.2, -0.15) is 5.26 Å². The first-order valence-electron chi connectivity index (χ1n) is 3.53. The van der Waals surface area contributed by atoms with E-state index in [2.05, 4.69) is 6.58 Å². The van der Waals surface area contributed by atoms with Gasteiger partial charge in [0.05, 0.1) is 6.07 Å². The highest BCUT2D eigenvalue weighted by Gasteiger charge is 2.07. The topological polar surface area (TPSA) is 42.2 Å². The lowest BCUT2D eigenvalue weighted by atomic mass is 10.4. The fraction of sp³-hybridized carbons (Fsp3) is 0.625. The predicted octanol–water partition coefficient (Wildman–Crippen LogP) is 1.46. The van der Waals surface area contributed by atoms with Crippen molar-refractivity contribution in [3.05, 3.63) is 12.7 Å². The molecule has 0 aliphatic heterocycles. The number of nitrogens with zero attached hydrogens (tertiary/aromatic N) is 1. The van der Waals surface area contributed by atoms with Crippen molar-refractivity contribution in [1.29, 1.82) is 5.26 Å². The van der Waals surface area contributed by atoms with Crippen LogP contribution in [0, 0.1) is 11.3 Å². The van der Waals surface area contributed by atoms with E-state index in [0.717, 1.165) is 0 Å². The van der Waals surface area contributed by atoms with Gasteiger partial charge in [0.1, 0.15) is 0 Å². The maximum absolute atomic E-state index is 8.44. The molecule has 0 saturated heterocycles. The van der Waals surface area contributed by atoms with Gasteiger partial charge < -0.3 is 9.47 Å². The second-order valence-corrected chi connectivity index (χ2v) is 1.94. The van der Waals surface area contributed by atoms with Crippen LogP contribution in [-0.4, -0.2) is 19.0 Å². The minimum Gasteiger partial charge on any atom is -0.353 e. The van der Waals surface area contributed by atoms with E-state index in [1.54, 1.807) is 6.92 Å². The Morgan fingerprint density at radius 3 is 2.73 bits per heavy atom. The van der Waals surface area contributed by atoms with Crippen LogP contribution in [0.5, 0.6) is 0 Å². The molecule has 0 saturated carbocycles. The Kier molecular flexibility index (Phi) is 5.44. The number of rotatable bonds is 5. The van der Waals surface area contributed by atoms with E-state index in [-0.39, 0.29) is 6.29 Å². The van der Waals surface area contributed by atoms with Crippen LogP contribution in [0.1, 0.15) is 13.8 Å². The normalized spacial score (nSPS) is 15.0. The SMILES string of the molecule is C=CC(C#N)OC(C)OCC. The highest BCUT2D eigenvalue weighted by molar-refractivity contribution is 4.97. The van der Waals surface area contributed by atoms with Crippen molar-refractivity contribution in [2.45, 2.75) is 26.2 Å². The van der Waals surface area contributed by atoms with Crippen molar-refractivity contribution in [2.75, 3.05) is 6.61 Å². The van der Waals surface area contributed by atoms with E-state index < -0.39 is 6.10 Å². The van der Waals surface area contributed by atoms with E-state index >= 15 is 0 Å². The molecule has 0 rings (SSSR count). The van der Waals surface area contributed by atoms with Crippen LogP contribution in [-0.2, 0) is 9.47 Å². The van der Waals surface area contributed by atoms with E-state index in [1.165, 1.54) is 6.08 Å². The lowest BCUT2D eigenvalue weighted by molar-refractivity contribution is -0.133. The summed E-state index contributed by atoms with van der Waals surface area (Å²) in [4.78, 5) is 0. The maximum atomic E-state index is 8.44. The molecule has 3 heteroatoms. The smallest absolute Gasteiger partial charge is 0.165 e. The molecule has 0 N–H and O–H groups in total. The predicted molar refractivity (Wildman–Crippen MR) is 41.8 cm³/mol. The minimum atomic E-state index is -0.573. The molecule has 3 nitrogen and oxygen atoms in total. The van der Waals surface area contributed by atoms with Gasteiger partial charge in [0, 0.05) is 6.61 Å². The van der Waals surface area contributed by atoms with Gasteiger partial charge in [-0.05, 0) is 19.9 Å². The van der Waals surface area contributed by atoms with Gasteiger partial charge in [0.25, 0.3) is 0 Å². The third kappa shape index (κ3) is 4.54. The summed E-state index contributed by atoms with van der Waals surface area (Å²) in [5.74, 6) is 0. The van der Waals surface area contributed by atoms with E-state index in [0.29, 0.717) is 6.61 Å². The molecule has 0 radical (unpaired) electrons. The first-order chi connectivity index (χ1) is 5.24. The first kappa shape index (κ1) is 10.2. The van der Waals surface area contributed by atoms with Crippen molar-refractivity contribution in [3.63, 3.8) is 0 Å². The van der Waals surface area contributed by atoms with Crippen molar-refractivity contribution in [2.24, 2.45) is 0 Å². The molecular weight excluding hydrogens is 142 g/mol. The van der Waals surface area contributed by atoms with Crippen molar-refractivity contribution >= 4 is 0 Å². The molecule has 0 bridgehead atoms. The molecule has 11 heavy (non-hydrogen) atoms. The second-order valence-electron chi connectivity index (χ2n) is 1.94. The summed E-state index contributed by atoms with van der Waals surface area (Å²) in [5, 5.41) is 8.44. The van der Waals surface area contributed by atoms with E-state index in [1.807, 2.05) is 13.0 Å². The monoisotopic (exact) mass is 155 g/mol. The standard InChI is InChI=1S/C8H13NO2/c1-4-8(6-9)11-7(3)10-5-2/h4,7-8H,1,5H2,2-3H3. The van der Waals surface area contributed by atoms with Crippen molar-refractivity contribution in [3.8, 4) is 6.07 Å². The lowest BCUT2D eigenvalue weighted by Crippen LogP contribution is -2.19. The highest BCUT2D eigenvalue weighted by atomic mass is 16.7. The Hall–Kier alpha value is -0.850. The number of ether oxygens (including phenoxy) is 2. The Balaban J connectivity index is 3.64. The molecule has 2 atom stereocenters. The van der Waals surface area contributed by atoms with Crippen LogP contribution in [0.4, 0.5) is 0 Å². The fourth-order valence-electron chi connectivity index (χ4n) is 0.619. The molecule has 2 unspecified atom stereocenters. The van der Waals surface area contributed by atoms with E-state index in [9.17, 15) is 0 Å². The largest absolute Gasteiger partial charge is 0.353 e. The zero-order valence-corrected chi connectivity index (χ0v) is 6.91. The van der Waals surface area contributed by atoms with Gasteiger partial charge in [0.2, 0.25) is 0 Å². The lowest BCUT2D eigenvalue weighted by Gasteiger charge is -2.13. The van der Waals surface area contributed by atoms with Crippen LogP contribution in [0.3, 0.4) is 0 Å². The van der Waals surface area contributed by atoms with Gasteiger partial charge in [-0.25, -0.2) is 0 Å². The van der Waals surface area contributed by atoms with Gasteiger partial charge in [-0.15, -0.1) is 0 Å². The molecule has 0 fully saturated rings. The molecule has 0 aliphatic carbocycles. The molecular formula is C8H13NO2. The van der Waals surface area contributed by atoms with Gasteiger partial charge in [-0.1, -0.05) is 6.58 Å². The number of hydrogen-bond donors (Lipinski definition) is 0. The quantitative estimate of drug-likeness (QED) is 0.446. The molecule has 0 aromatic carbocycles. The number of nitriles is 1. The second kappa shape index (κ2) is 5.90. The first-order valence-corrected chi connectivity index (χ1v) is 3.53. The molecule has 62 valence electrons. The van der Waals surface area contributed by atoms with Gasteiger partial charge >= 0.3 is 0 Å². The van der Waals surface area contributed by atoms with Crippen LogP contribution in [0.15, 0.2) is 12.7 Å². The third-order valence-corrected chi connectivity index (χ3v) is 1.08. The number of hydrogen-bond acceptors (Lipinski definition) is 3. The highest BCUT2D eigenvalue weighted by Crippen LogP contribution is 1.99. The summed E-state index contributed by atoms with van der Waals surface area (Å²) < 4.78 is 10.1. The zero-order valence-electron chi connectivity index (χ0n) is 6.91. The van der Waals surface area contributed by atoms with Crippen molar-refractivity contribution < 1.29 is 9.47 Å². The molecule has 0 aromatic rings. The fourth-order valence-corrected chi connectivity index (χ4v) is 0.619. The van der Waals surface area contributed by atoms with Crippen LogP contribution in [0.2, 0.25) is 0 Å². The van der Waals surface area contributed by atoms with Gasteiger partial charge in [-0.3, -0.25) is 0 Å². The molecule has 0 aliphatic rings. The Morgan fingerprint density at radius 1 is 1.73 bits per heavy atom. The van der Waals surface area contributed by atoms with Crippen molar-refractivity contribution in [1.82, 2.24) is 0 Å². The van der Waals surface area contributed by atoms with Gasteiger partial charge in [0.15, 0.2) is 12.4 Å². The van der Waals surface area contributed by atoms with Crippen LogP contribution >= 0.6 is 0 Å². The maximum Gasteiger partial charge on any atom is 0.165 e. The summed E-state index contributed by atoms with van der Waals surface area (Å²) in [6, 6.07) is 1.92. The van der Waals surface area contributed by atoms with Crippen LogP contribution < -0.4 is 0 Å².